The van der Waals surface area contributed by atoms with Gasteiger partial charge in [-0.25, -0.2) is 4.79 Å². The van der Waals surface area contributed by atoms with E-state index in [0.29, 0.717) is 40.2 Å². The van der Waals surface area contributed by atoms with Crippen LogP contribution in [0.15, 0.2) is 30.3 Å². The molecule has 4 heterocycles. The van der Waals surface area contributed by atoms with Gasteiger partial charge in [0.05, 0.1) is 21.4 Å². The van der Waals surface area contributed by atoms with Crippen molar-refractivity contribution >= 4 is 52.1 Å². The van der Waals surface area contributed by atoms with Crippen LogP contribution in [0.3, 0.4) is 0 Å². The molecule has 8 nitrogen and oxygen atoms in total. The summed E-state index contributed by atoms with van der Waals surface area (Å²) in [6.45, 7) is 1.87. The third-order valence-electron chi connectivity index (χ3n) is 5.73. The smallest absolute Gasteiger partial charge is 0.415 e. The Labute approximate surface area is 187 Å². The van der Waals surface area contributed by atoms with Crippen LogP contribution in [0.5, 0.6) is 5.75 Å². The van der Waals surface area contributed by atoms with E-state index >= 15 is 0 Å². The molecule has 2 amide bonds. The van der Waals surface area contributed by atoms with Crippen molar-refractivity contribution in [1.29, 1.82) is 0 Å². The fourth-order valence-corrected chi connectivity index (χ4v) is 5.19. The molecule has 0 aliphatic carbocycles. The van der Waals surface area contributed by atoms with E-state index in [2.05, 4.69) is 5.32 Å². The van der Waals surface area contributed by atoms with E-state index in [0.717, 1.165) is 12.2 Å². The molecule has 0 spiro atoms. The van der Waals surface area contributed by atoms with Gasteiger partial charge in [-0.05, 0) is 30.7 Å². The highest BCUT2D eigenvalue weighted by Crippen LogP contribution is 2.41. The molecule has 0 bridgehead atoms. The molecule has 5 rings (SSSR count). The molecule has 1 N–H and O–H groups in total. The third-order valence-corrected chi connectivity index (χ3v) is 7.00. The van der Waals surface area contributed by atoms with Crippen molar-refractivity contribution < 1.29 is 23.9 Å². The average Bonchev–Trinajstić information content (AvgIpc) is 3.35. The first-order chi connectivity index (χ1) is 15.0. The summed E-state index contributed by atoms with van der Waals surface area (Å²) in [7, 11) is 0. The number of carbonyl (C=O) groups excluding carboxylic acids is 3. The molecule has 162 valence electrons. The largest absolute Gasteiger partial charge is 0.489 e. The van der Waals surface area contributed by atoms with Gasteiger partial charge in [0.25, 0.3) is 0 Å². The Bertz CT molecular complexity index is 1060. The summed E-state index contributed by atoms with van der Waals surface area (Å²) in [5.74, 6) is 0.521. The number of nitrogens with zero attached hydrogens (tertiary/aromatic N) is 2. The minimum absolute atomic E-state index is 0.00257. The Kier molecular flexibility index (Phi) is 5.33. The van der Waals surface area contributed by atoms with Crippen molar-refractivity contribution in [2.45, 2.75) is 25.0 Å². The van der Waals surface area contributed by atoms with E-state index in [4.69, 9.17) is 21.1 Å². The van der Waals surface area contributed by atoms with Crippen molar-refractivity contribution in [2.75, 3.05) is 36.0 Å². The van der Waals surface area contributed by atoms with Crippen molar-refractivity contribution in [1.82, 2.24) is 5.32 Å². The Balaban J connectivity index is 1.30. The summed E-state index contributed by atoms with van der Waals surface area (Å²) >= 11 is 7.15. The van der Waals surface area contributed by atoms with Gasteiger partial charge in [0.15, 0.2) is 5.78 Å². The number of fused-ring (bicyclic) bond motifs is 3. The molecule has 3 aliphatic rings. The number of Topliss-reactive ketones (excluding diaryl/α,β-unsaturated/α-hetero) is 1. The number of ketones is 1. The maximum absolute atomic E-state index is 12.6. The topological polar surface area (TPSA) is 88.2 Å². The van der Waals surface area contributed by atoms with E-state index in [1.165, 1.54) is 11.3 Å². The Morgan fingerprint density at radius 2 is 2.13 bits per heavy atom. The number of thiophene rings is 1. The predicted octanol–water partition coefficient (Wildman–Crippen LogP) is 3.09. The number of piperazine rings is 1. The summed E-state index contributed by atoms with van der Waals surface area (Å²) < 4.78 is 12.1. The molecule has 0 unspecified atom stereocenters. The molecule has 1 aromatic heterocycles. The number of ether oxygens (including phenoxy) is 2. The zero-order valence-corrected chi connectivity index (χ0v) is 18.1. The first-order valence-electron chi connectivity index (χ1n) is 10.1. The molecule has 0 saturated carbocycles. The lowest BCUT2D eigenvalue weighted by Crippen LogP contribution is -2.48. The Morgan fingerprint density at radius 1 is 1.26 bits per heavy atom. The maximum atomic E-state index is 12.6. The molecule has 2 aromatic rings. The number of benzene rings is 1. The molecule has 0 radical (unpaired) electrons. The normalized spacial score (nSPS) is 22.6. The van der Waals surface area contributed by atoms with Crippen molar-refractivity contribution in [3.8, 4) is 5.75 Å². The van der Waals surface area contributed by atoms with Crippen LogP contribution in [0.2, 0.25) is 4.34 Å². The number of anilines is 2. The van der Waals surface area contributed by atoms with Gasteiger partial charge in [-0.1, -0.05) is 11.6 Å². The highest BCUT2D eigenvalue weighted by atomic mass is 35.5. The van der Waals surface area contributed by atoms with Gasteiger partial charge >= 0.3 is 6.09 Å². The van der Waals surface area contributed by atoms with Gasteiger partial charge in [-0.15, -0.1) is 11.3 Å². The minimum atomic E-state index is -0.447. The number of carbonyl (C=O) groups is 3. The second-order valence-electron chi connectivity index (χ2n) is 7.61. The Morgan fingerprint density at radius 3 is 2.90 bits per heavy atom. The molecule has 2 fully saturated rings. The van der Waals surface area contributed by atoms with Crippen LogP contribution in [0.25, 0.3) is 0 Å². The van der Waals surface area contributed by atoms with Crippen molar-refractivity contribution in [3.63, 3.8) is 0 Å². The van der Waals surface area contributed by atoms with Crippen molar-refractivity contribution in [3.05, 3.63) is 39.5 Å². The minimum Gasteiger partial charge on any atom is -0.489 e. The predicted molar refractivity (Wildman–Crippen MR) is 117 cm³/mol. The maximum Gasteiger partial charge on any atom is 0.415 e. The monoisotopic (exact) mass is 461 g/mol. The van der Waals surface area contributed by atoms with Gasteiger partial charge in [0.1, 0.15) is 24.5 Å². The van der Waals surface area contributed by atoms with Crippen LogP contribution in [-0.2, 0) is 9.53 Å². The molecular formula is C21H20ClN3O5S. The van der Waals surface area contributed by atoms with E-state index in [9.17, 15) is 14.4 Å². The third kappa shape index (κ3) is 3.77. The van der Waals surface area contributed by atoms with Gasteiger partial charge in [-0.2, -0.15) is 0 Å². The molecule has 1 aromatic carbocycles. The summed E-state index contributed by atoms with van der Waals surface area (Å²) in [6.07, 6.45) is -0.213. The standard InChI is InChI=1S/C21H20ClN3O5S/c22-19-6-5-18(31-19)15(26)3-4-16-14-11-29-17-9-12(24-8-7-23-10-20(24)27)1-2-13(17)25(14)21(28)30-16/h1-2,5-6,9,14,16,23H,3-4,7-8,10-11H2/t14-,16-/m0/s1. The van der Waals surface area contributed by atoms with Crippen LogP contribution in [0.4, 0.5) is 16.2 Å². The summed E-state index contributed by atoms with van der Waals surface area (Å²) in [5, 5.41) is 3.05. The quantitative estimate of drug-likeness (QED) is 0.688. The number of amides is 2. The lowest BCUT2D eigenvalue weighted by molar-refractivity contribution is -0.118. The van der Waals surface area contributed by atoms with Gasteiger partial charge < -0.3 is 19.7 Å². The van der Waals surface area contributed by atoms with Crippen LogP contribution >= 0.6 is 22.9 Å². The van der Waals surface area contributed by atoms with Gasteiger partial charge in [0.2, 0.25) is 5.91 Å². The highest BCUT2D eigenvalue weighted by molar-refractivity contribution is 7.18. The average molecular weight is 462 g/mol. The Hall–Kier alpha value is -2.62. The fourth-order valence-electron chi connectivity index (χ4n) is 4.18. The molecule has 10 heteroatoms. The zero-order valence-electron chi connectivity index (χ0n) is 16.5. The van der Waals surface area contributed by atoms with Crippen LogP contribution in [-0.4, -0.2) is 56.2 Å². The van der Waals surface area contributed by atoms with Crippen LogP contribution in [0, 0.1) is 0 Å². The number of hydrogen-bond donors (Lipinski definition) is 1. The summed E-state index contributed by atoms with van der Waals surface area (Å²) in [4.78, 5) is 41.1. The van der Waals surface area contributed by atoms with Gasteiger partial charge in [0, 0.05) is 31.3 Å². The van der Waals surface area contributed by atoms with Gasteiger partial charge in [-0.3, -0.25) is 14.5 Å². The highest BCUT2D eigenvalue weighted by Gasteiger charge is 2.46. The second-order valence-corrected chi connectivity index (χ2v) is 9.33. The first-order valence-corrected chi connectivity index (χ1v) is 11.3. The second kappa shape index (κ2) is 8.14. The molecule has 31 heavy (non-hydrogen) atoms. The lowest BCUT2D eigenvalue weighted by atomic mass is 10.0. The number of cyclic esters (lactones) is 1. The number of halogens is 1. The number of hydrogen-bond acceptors (Lipinski definition) is 7. The summed E-state index contributed by atoms with van der Waals surface area (Å²) in [5.41, 5.74) is 1.36. The zero-order chi connectivity index (χ0) is 21.5. The molecule has 2 atom stereocenters. The molecule has 3 aliphatic heterocycles. The number of nitrogens with one attached hydrogen (secondary N) is 1. The lowest BCUT2D eigenvalue weighted by Gasteiger charge is -2.33. The summed E-state index contributed by atoms with van der Waals surface area (Å²) in [6, 6.07) is 8.51. The molecular weight excluding hydrogens is 442 g/mol. The fraction of sp³-hybridized carbons (Fsp3) is 0.381. The van der Waals surface area contributed by atoms with Crippen molar-refractivity contribution in [2.24, 2.45) is 0 Å². The van der Waals surface area contributed by atoms with E-state index in [1.54, 1.807) is 34.1 Å². The SMILES string of the molecule is O=C(CC[C@@H]1OC(=O)N2c3ccc(N4CCNCC4=O)cc3OC[C@@H]12)c1ccc(Cl)s1. The number of rotatable bonds is 5. The van der Waals surface area contributed by atoms with Crippen LogP contribution < -0.4 is 19.9 Å². The van der Waals surface area contributed by atoms with E-state index in [-0.39, 0.29) is 30.8 Å². The van der Waals surface area contributed by atoms with E-state index < -0.39 is 12.2 Å². The van der Waals surface area contributed by atoms with Crippen LogP contribution in [0.1, 0.15) is 22.5 Å². The van der Waals surface area contributed by atoms with E-state index in [1.807, 2.05) is 6.07 Å². The first kappa shape index (κ1) is 20.3. The molecule has 2 saturated heterocycles.